The van der Waals surface area contributed by atoms with Gasteiger partial charge >= 0.3 is 6.09 Å². The first-order chi connectivity index (χ1) is 19.5. The number of amides is 1. The molecule has 1 N–H and O–H groups in total. The smallest absolute Gasteiger partial charge is 0.412 e. The van der Waals surface area contributed by atoms with E-state index in [4.69, 9.17) is 14.2 Å². The van der Waals surface area contributed by atoms with Gasteiger partial charge < -0.3 is 18.8 Å². The summed E-state index contributed by atoms with van der Waals surface area (Å²) in [5.74, 6) is -0.280. The lowest BCUT2D eigenvalue weighted by atomic mass is 10.0. The standard InChI is InChI=1S/C28H35N3O9S2/c1-8-41(34,35)31(42(36,37)9-2)20-13-14-24(22(16-20)23-18-30(6)26(32)17-25(23)38-7)39-21-12-10-11-19(15-21)29-27(33)40-28(3,4)5/h10-18H,8-9H2,1-7H3,(H,29,33). The van der Waals surface area contributed by atoms with Crippen molar-refractivity contribution in [1.29, 1.82) is 0 Å². The SMILES string of the molecule is CCS(=O)(=O)N(c1ccc(Oc2cccc(NC(=O)OC(C)(C)C)c2)c(-c2cn(C)c(=O)cc2OC)c1)S(=O)(=O)CC. The number of hydrogen-bond donors (Lipinski definition) is 1. The Morgan fingerprint density at radius 1 is 0.929 bits per heavy atom. The quantitative estimate of drug-likeness (QED) is 0.340. The summed E-state index contributed by atoms with van der Waals surface area (Å²) in [5.41, 5.74) is -0.242. The molecule has 1 aromatic heterocycles. The Kier molecular flexibility index (Phi) is 9.63. The first-order valence-corrected chi connectivity index (χ1v) is 16.2. The van der Waals surface area contributed by atoms with E-state index in [1.165, 1.54) is 63.0 Å². The predicted molar refractivity (Wildman–Crippen MR) is 161 cm³/mol. The zero-order valence-corrected chi connectivity index (χ0v) is 26.1. The third-order valence-corrected chi connectivity index (χ3v) is 10.1. The molecule has 0 spiro atoms. The number of pyridine rings is 1. The van der Waals surface area contributed by atoms with Crippen molar-refractivity contribution in [3.8, 4) is 28.4 Å². The highest BCUT2D eigenvalue weighted by atomic mass is 32.3. The summed E-state index contributed by atoms with van der Waals surface area (Å²) in [5, 5.41) is 2.63. The van der Waals surface area contributed by atoms with E-state index in [1.807, 2.05) is 0 Å². The maximum Gasteiger partial charge on any atom is 0.412 e. The lowest BCUT2D eigenvalue weighted by Crippen LogP contribution is -2.39. The first-order valence-electron chi connectivity index (χ1n) is 12.9. The fourth-order valence-corrected chi connectivity index (χ4v) is 7.18. The maximum atomic E-state index is 13.0. The molecule has 0 aliphatic heterocycles. The van der Waals surface area contributed by atoms with Gasteiger partial charge in [-0.1, -0.05) is 6.07 Å². The highest BCUT2D eigenvalue weighted by Crippen LogP contribution is 2.41. The van der Waals surface area contributed by atoms with Crippen molar-refractivity contribution in [3.05, 3.63) is 65.1 Å². The number of carbonyl (C=O) groups excluding carboxylic acids is 1. The summed E-state index contributed by atoms with van der Waals surface area (Å²) >= 11 is 0. The second kappa shape index (κ2) is 12.4. The fourth-order valence-electron chi connectivity index (χ4n) is 3.83. The lowest BCUT2D eigenvalue weighted by molar-refractivity contribution is 0.0636. The van der Waals surface area contributed by atoms with Crippen molar-refractivity contribution in [2.75, 3.05) is 27.6 Å². The molecule has 228 valence electrons. The van der Waals surface area contributed by atoms with E-state index in [2.05, 4.69) is 5.32 Å². The molecule has 0 saturated carbocycles. The number of sulfonamides is 2. The van der Waals surface area contributed by atoms with Crippen LogP contribution in [0.1, 0.15) is 34.6 Å². The number of aromatic nitrogens is 1. The van der Waals surface area contributed by atoms with Gasteiger partial charge in [-0.2, -0.15) is 3.71 Å². The molecule has 12 nitrogen and oxygen atoms in total. The Morgan fingerprint density at radius 2 is 1.57 bits per heavy atom. The average molecular weight is 622 g/mol. The molecular weight excluding hydrogens is 586 g/mol. The number of anilines is 2. The summed E-state index contributed by atoms with van der Waals surface area (Å²) in [6.45, 7) is 7.91. The number of aryl methyl sites for hydroxylation is 1. The monoisotopic (exact) mass is 621 g/mol. The molecule has 0 bridgehead atoms. The van der Waals surface area contributed by atoms with Gasteiger partial charge in [0.15, 0.2) is 0 Å². The Morgan fingerprint density at radius 3 is 2.14 bits per heavy atom. The first kappa shape index (κ1) is 32.5. The normalized spacial score (nSPS) is 12.0. The van der Waals surface area contributed by atoms with Gasteiger partial charge in [0.1, 0.15) is 22.8 Å². The molecule has 14 heteroatoms. The van der Waals surface area contributed by atoms with Crippen molar-refractivity contribution in [2.45, 2.75) is 40.2 Å². The second-order valence-corrected chi connectivity index (χ2v) is 14.6. The minimum Gasteiger partial charge on any atom is -0.496 e. The van der Waals surface area contributed by atoms with Crippen LogP contribution in [0.15, 0.2) is 59.5 Å². The summed E-state index contributed by atoms with van der Waals surface area (Å²) in [7, 11) is -5.61. The summed E-state index contributed by atoms with van der Waals surface area (Å²) in [6, 6.07) is 11.8. The molecule has 42 heavy (non-hydrogen) atoms. The van der Waals surface area contributed by atoms with Crippen LogP contribution in [0.5, 0.6) is 17.2 Å². The Hall–Kier alpha value is -4.04. The lowest BCUT2D eigenvalue weighted by Gasteiger charge is -2.24. The van der Waals surface area contributed by atoms with E-state index < -0.39 is 43.2 Å². The van der Waals surface area contributed by atoms with Gasteiger partial charge in [0.05, 0.1) is 24.3 Å². The molecule has 0 aliphatic rings. The van der Waals surface area contributed by atoms with Crippen LogP contribution < -0.4 is 24.1 Å². The Labute approximate surface area is 245 Å². The fraction of sp³-hybridized carbons (Fsp3) is 0.357. The number of methoxy groups -OCH3 is 1. The van der Waals surface area contributed by atoms with Crippen LogP contribution in [0.3, 0.4) is 0 Å². The van der Waals surface area contributed by atoms with E-state index in [9.17, 15) is 26.4 Å². The van der Waals surface area contributed by atoms with Gasteiger partial charge in [-0.3, -0.25) is 10.1 Å². The molecular formula is C28H35N3O9S2. The average Bonchev–Trinajstić information content (AvgIpc) is 2.89. The van der Waals surface area contributed by atoms with Crippen LogP contribution in [0, 0.1) is 0 Å². The van der Waals surface area contributed by atoms with E-state index in [-0.39, 0.29) is 28.3 Å². The van der Waals surface area contributed by atoms with Crippen molar-refractivity contribution in [2.24, 2.45) is 7.05 Å². The number of ether oxygens (including phenoxy) is 3. The molecule has 1 amide bonds. The van der Waals surface area contributed by atoms with Crippen molar-refractivity contribution < 1.29 is 35.8 Å². The minimum absolute atomic E-state index is 0.141. The summed E-state index contributed by atoms with van der Waals surface area (Å²) < 4.78 is 70.5. The van der Waals surface area contributed by atoms with Gasteiger partial charge in [0, 0.05) is 42.2 Å². The second-order valence-electron chi connectivity index (χ2n) is 10.1. The number of benzene rings is 2. The third-order valence-electron chi connectivity index (χ3n) is 5.82. The maximum absolute atomic E-state index is 13.0. The number of nitrogens with one attached hydrogen (secondary N) is 1. The minimum atomic E-state index is -4.25. The zero-order chi connectivity index (χ0) is 31.5. The molecule has 1 heterocycles. The van der Waals surface area contributed by atoms with Crippen molar-refractivity contribution in [1.82, 2.24) is 4.57 Å². The van der Waals surface area contributed by atoms with E-state index >= 15 is 0 Å². The topological polar surface area (TPSA) is 150 Å². The number of nitrogens with zero attached hydrogens (tertiary/aromatic N) is 2. The van der Waals surface area contributed by atoms with E-state index in [1.54, 1.807) is 45.0 Å². The molecule has 0 atom stereocenters. The van der Waals surface area contributed by atoms with Crippen LogP contribution in [-0.2, 0) is 31.8 Å². The van der Waals surface area contributed by atoms with Gasteiger partial charge in [-0.25, -0.2) is 21.6 Å². The molecule has 0 aliphatic carbocycles. The zero-order valence-electron chi connectivity index (χ0n) is 24.5. The van der Waals surface area contributed by atoms with Crippen LogP contribution in [0.25, 0.3) is 11.1 Å². The van der Waals surface area contributed by atoms with Crippen molar-refractivity contribution in [3.63, 3.8) is 0 Å². The van der Waals surface area contributed by atoms with Gasteiger partial charge in [-0.05, 0) is 65.0 Å². The largest absolute Gasteiger partial charge is 0.496 e. The highest BCUT2D eigenvalue weighted by molar-refractivity contribution is 8.10. The molecule has 0 saturated heterocycles. The summed E-state index contributed by atoms with van der Waals surface area (Å²) in [6.07, 6.45) is 0.814. The van der Waals surface area contributed by atoms with Crippen LogP contribution in [0.4, 0.5) is 16.2 Å². The number of hydrogen-bond acceptors (Lipinski definition) is 9. The third kappa shape index (κ3) is 7.62. The molecule has 3 rings (SSSR count). The van der Waals surface area contributed by atoms with Gasteiger partial charge in [-0.15, -0.1) is 0 Å². The summed E-state index contributed by atoms with van der Waals surface area (Å²) in [4.78, 5) is 24.6. The van der Waals surface area contributed by atoms with E-state index in [0.29, 0.717) is 20.7 Å². The Balaban J connectivity index is 2.20. The predicted octanol–water partition coefficient (Wildman–Crippen LogP) is 4.71. The van der Waals surface area contributed by atoms with Gasteiger partial charge in [0.2, 0.25) is 20.0 Å². The van der Waals surface area contributed by atoms with Gasteiger partial charge in [0.25, 0.3) is 5.56 Å². The molecule has 2 aromatic carbocycles. The molecule has 3 aromatic rings. The van der Waals surface area contributed by atoms with Crippen LogP contribution in [0.2, 0.25) is 0 Å². The number of rotatable bonds is 10. The van der Waals surface area contributed by atoms with Crippen molar-refractivity contribution >= 4 is 37.5 Å². The molecule has 0 fully saturated rings. The molecule has 0 radical (unpaired) electrons. The van der Waals surface area contributed by atoms with Crippen LogP contribution >= 0.6 is 0 Å². The van der Waals surface area contributed by atoms with E-state index in [0.717, 1.165) is 0 Å². The number of carbonyl (C=O) groups is 1. The Bertz CT molecular complexity index is 1710. The molecule has 0 unspecified atom stereocenters. The highest BCUT2D eigenvalue weighted by Gasteiger charge is 2.32. The van der Waals surface area contributed by atoms with Crippen LogP contribution in [-0.4, -0.2) is 51.7 Å².